The van der Waals surface area contributed by atoms with E-state index in [2.05, 4.69) is 41.4 Å². The lowest BCUT2D eigenvalue weighted by Crippen LogP contribution is -2.51. The number of hydrogen-bond acceptors (Lipinski definition) is 4. The third-order valence-electron chi connectivity index (χ3n) is 4.78. The number of nitrogens with zero attached hydrogens (tertiary/aromatic N) is 2. The summed E-state index contributed by atoms with van der Waals surface area (Å²) in [5.41, 5.74) is 2.42. The van der Waals surface area contributed by atoms with Crippen LogP contribution in [-0.4, -0.2) is 56.0 Å². The molecule has 6 heteroatoms. The summed E-state index contributed by atoms with van der Waals surface area (Å²) in [6.45, 7) is 5.34. The number of nitrogens with one attached hydrogen (secondary N) is 1. The lowest BCUT2D eigenvalue weighted by molar-refractivity contribution is -0.133. The molecule has 28 heavy (non-hydrogen) atoms. The highest BCUT2D eigenvalue weighted by Crippen LogP contribution is 2.17. The number of para-hydroxylation sites is 1. The van der Waals surface area contributed by atoms with Crippen LogP contribution in [0, 0.1) is 6.92 Å². The molecule has 1 aliphatic heterocycles. The van der Waals surface area contributed by atoms with Gasteiger partial charge >= 0.3 is 0 Å². The predicted octanol–water partition coefficient (Wildman–Crippen LogP) is 2.23. The van der Waals surface area contributed by atoms with E-state index < -0.39 is 0 Å². The highest BCUT2D eigenvalue weighted by Gasteiger charge is 2.21. The van der Waals surface area contributed by atoms with Crippen molar-refractivity contribution in [2.45, 2.75) is 13.3 Å². The Hall–Kier alpha value is -3.02. The number of anilines is 1. The number of piperazine rings is 1. The molecule has 1 aliphatic rings. The molecule has 3 rings (SSSR count). The van der Waals surface area contributed by atoms with E-state index in [-0.39, 0.29) is 24.8 Å². The molecule has 2 amide bonds. The third-order valence-corrected chi connectivity index (χ3v) is 4.78. The van der Waals surface area contributed by atoms with Crippen LogP contribution in [0.1, 0.15) is 12.0 Å². The summed E-state index contributed by atoms with van der Waals surface area (Å²) in [4.78, 5) is 28.4. The Morgan fingerprint density at radius 3 is 2.46 bits per heavy atom. The summed E-state index contributed by atoms with van der Waals surface area (Å²) in [6.07, 6.45) is 0.226. The van der Waals surface area contributed by atoms with Crippen LogP contribution in [0.4, 0.5) is 5.69 Å². The van der Waals surface area contributed by atoms with Crippen LogP contribution in [0.15, 0.2) is 54.6 Å². The Balaban J connectivity index is 1.34. The fourth-order valence-electron chi connectivity index (χ4n) is 3.19. The van der Waals surface area contributed by atoms with Gasteiger partial charge in [-0.15, -0.1) is 0 Å². The van der Waals surface area contributed by atoms with Crippen LogP contribution in [0.3, 0.4) is 0 Å². The van der Waals surface area contributed by atoms with Crippen LogP contribution in [-0.2, 0) is 9.59 Å². The van der Waals surface area contributed by atoms with Gasteiger partial charge in [-0.2, -0.15) is 0 Å². The first-order valence-corrected chi connectivity index (χ1v) is 9.66. The second-order valence-electron chi connectivity index (χ2n) is 6.90. The van der Waals surface area contributed by atoms with Gasteiger partial charge < -0.3 is 19.9 Å². The second kappa shape index (κ2) is 9.78. The topological polar surface area (TPSA) is 61.9 Å². The molecule has 0 aromatic heterocycles. The molecular weight excluding hydrogens is 354 g/mol. The molecule has 1 heterocycles. The molecule has 2 aromatic rings. The Morgan fingerprint density at radius 2 is 1.75 bits per heavy atom. The molecule has 0 atom stereocenters. The third kappa shape index (κ3) is 5.74. The van der Waals surface area contributed by atoms with Crippen molar-refractivity contribution in [2.24, 2.45) is 0 Å². The van der Waals surface area contributed by atoms with E-state index in [0.717, 1.165) is 18.8 Å². The van der Waals surface area contributed by atoms with Gasteiger partial charge in [0.2, 0.25) is 11.8 Å². The van der Waals surface area contributed by atoms with E-state index in [0.29, 0.717) is 19.7 Å². The van der Waals surface area contributed by atoms with Gasteiger partial charge in [-0.3, -0.25) is 9.59 Å². The molecule has 0 aliphatic carbocycles. The minimum absolute atomic E-state index is 0.0363. The first kappa shape index (κ1) is 19.7. The highest BCUT2D eigenvalue weighted by atomic mass is 16.5. The van der Waals surface area contributed by atoms with Crippen molar-refractivity contribution in [2.75, 3.05) is 44.2 Å². The summed E-state index contributed by atoms with van der Waals surface area (Å²) in [7, 11) is 0. The van der Waals surface area contributed by atoms with Crippen LogP contribution in [0.5, 0.6) is 5.75 Å². The lowest BCUT2D eigenvalue weighted by atomic mass is 10.2. The largest absolute Gasteiger partial charge is 0.493 e. The van der Waals surface area contributed by atoms with Crippen molar-refractivity contribution in [3.05, 3.63) is 60.2 Å². The molecule has 0 spiro atoms. The first-order chi connectivity index (χ1) is 13.6. The normalized spacial score (nSPS) is 13.9. The van der Waals surface area contributed by atoms with Gasteiger partial charge in [0.15, 0.2) is 0 Å². The van der Waals surface area contributed by atoms with Crippen LogP contribution in [0.2, 0.25) is 0 Å². The summed E-state index contributed by atoms with van der Waals surface area (Å²) >= 11 is 0. The van der Waals surface area contributed by atoms with Crippen LogP contribution < -0.4 is 15.0 Å². The average molecular weight is 381 g/mol. The van der Waals surface area contributed by atoms with Crippen molar-refractivity contribution in [1.82, 2.24) is 10.2 Å². The smallest absolute Gasteiger partial charge is 0.242 e. The average Bonchev–Trinajstić information content (AvgIpc) is 2.73. The summed E-state index contributed by atoms with van der Waals surface area (Å²) < 4.78 is 5.50. The first-order valence-electron chi connectivity index (χ1n) is 9.66. The maximum Gasteiger partial charge on any atom is 0.242 e. The molecule has 148 valence electrons. The highest BCUT2D eigenvalue weighted by molar-refractivity contribution is 5.85. The van der Waals surface area contributed by atoms with E-state index in [1.54, 1.807) is 0 Å². The number of rotatable bonds is 7. The summed E-state index contributed by atoms with van der Waals surface area (Å²) in [5.74, 6) is 0.516. The molecule has 6 nitrogen and oxygen atoms in total. The zero-order valence-electron chi connectivity index (χ0n) is 16.3. The van der Waals surface area contributed by atoms with Crippen molar-refractivity contribution in [1.29, 1.82) is 0 Å². The lowest BCUT2D eigenvalue weighted by Gasteiger charge is -2.36. The zero-order chi connectivity index (χ0) is 19.8. The molecular formula is C22H27N3O3. The molecule has 1 fully saturated rings. The standard InChI is InChI=1S/C22H27N3O3/c1-18-6-5-7-19(16-18)24-11-13-25(14-12-24)22(27)17-23-21(26)10-15-28-20-8-3-2-4-9-20/h2-9,16H,10-15,17H2,1H3,(H,23,26). The quantitative estimate of drug-likeness (QED) is 0.799. The van der Waals surface area contributed by atoms with E-state index >= 15 is 0 Å². The van der Waals surface area contributed by atoms with Gasteiger partial charge in [0.1, 0.15) is 5.75 Å². The molecule has 0 bridgehead atoms. The number of ether oxygens (including phenoxy) is 1. The van der Waals surface area contributed by atoms with E-state index in [1.807, 2.05) is 35.2 Å². The van der Waals surface area contributed by atoms with E-state index in [9.17, 15) is 9.59 Å². The van der Waals surface area contributed by atoms with Crippen molar-refractivity contribution in [3.63, 3.8) is 0 Å². The SMILES string of the molecule is Cc1cccc(N2CCN(C(=O)CNC(=O)CCOc3ccccc3)CC2)c1. The number of carbonyl (C=O) groups is 2. The number of hydrogen-bond donors (Lipinski definition) is 1. The molecule has 2 aromatic carbocycles. The molecule has 0 unspecified atom stereocenters. The maximum atomic E-state index is 12.4. The van der Waals surface area contributed by atoms with E-state index in [1.165, 1.54) is 11.3 Å². The maximum absolute atomic E-state index is 12.4. The predicted molar refractivity (Wildman–Crippen MR) is 110 cm³/mol. The van der Waals surface area contributed by atoms with Gasteiger partial charge in [0.25, 0.3) is 0 Å². The van der Waals surface area contributed by atoms with Gasteiger partial charge in [-0.1, -0.05) is 30.3 Å². The molecule has 1 saturated heterocycles. The summed E-state index contributed by atoms with van der Waals surface area (Å²) in [5, 5.41) is 2.69. The molecule has 1 N–H and O–H groups in total. The van der Waals surface area contributed by atoms with Gasteiger partial charge in [0, 0.05) is 31.9 Å². The minimum Gasteiger partial charge on any atom is -0.493 e. The Bertz CT molecular complexity index is 787. The van der Waals surface area contributed by atoms with Gasteiger partial charge in [-0.05, 0) is 36.8 Å². The van der Waals surface area contributed by atoms with Crippen molar-refractivity contribution < 1.29 is 14.3 Å². The molecule has 0 saturated carbocycles. The number of benzene rings is 2. The fraction of sp³-hybridized carbons (Fsp3) is 0.364. The van der Waals surface area contributed by atoms with E-state index in [4.69, 9.17) is 4.74 Å². The number of amides is 2. The minimum atomic E-state index is -0.178. The second-order valence-corrected chi connectivity index (χ2v) is 6.90. The Labute approximate surface area is 166 Å². The Morgan fingerprint density at radius 1 is 1.00 bits per heavy atom. The number of carbonyl (C=O) groups excluding carboxylic acids is 2. The fourth-order valence-corrected chi connectivity index (χ4v) is 3.19. The molecule has 0 radical (unpaired) electrons. The van der Waals surface area contributed by atoms with Crippen LogP contribution >= 0.6 is 0 Å². The Kier molecular flexibility index (Phi) is 6.89. The van der Waals surface area contributed by atoms with Crippen molar-refractivity contribution in [3.8, 4) is 5.75 Å². The van der Waals surface area contributed by atoms with Gasteiger partial charge in [-0.25, -0.2) is 0 Å². The zero-order valence-corrected chi connectivity index (χ0v) is 16.3. The summed E-state index contributed by atoms with van der Waals surface area (Å²) in [6, 6.07) is 17.8. The van der Waals surface area contributed by atoms with Crippen LogP contribution in [0.25, 0.3) is 0 Å². The monoisotopic (exact) mass is 381 g/mol. The number of aryl methyl sites for hydroxylation is 1. The van der Waals surface area contributed by atoms with Gasteiger partial charge in [0.05, 0.1) is 19.6 Å². The van der Waals surface area contributed by atoms with Crippen molar-refractivity contribution >= 4 is 17.5 Å².